The van der Waals surface area contributed by atoms with Gasteiger partial charge in [-0.05, 0) is 67.5 Å². The van der Waals surface area contributed by atoms with Crippen LogP contribution in [0.3, 0.4) is 0 Å². The summed E-state index contributed by atoms with van der Waals surface area (Å²) in [7, 11) is -4.44. The Balaban J connectivity index is 2.83. The topological polar surface area (TPSA) is 126 Å². The van der Waals surface area contributed by atoms with Gasteiger partial charge in [0, 0.05) is 0 Å². The highest BCUT2D eigenvalue weighted by atomic mass is 31.2. The van der Waals surface area contributed by atoms with E-state index in [0.717, 1.165) is 4.90 Å². The summed E-state index contributed by atoms with van der Waals surface area (Å²) in [5.41, 5.74) is -3.90. The van der Waals surface area contributed by atoms with Crippen molar-refractivity contribution in [2.24, 2.45) is 0 Å². The maximum absolute atomic E-state index is 14.0. The summed E-state index contributed by atoms with van der Waals surface area (Å²) in [5, 5.41) is 0. The summed E-state index contributed by atoms with van der Waals surface area (Å²) in [5.74, 6) is -4.11. The molecule has 0 aromatic heterocycles. The zero-order valence-electron chi connectivity index (χ0n) is 21.4. The minimum atomic E-state index is -4.44. The van der Waals surface area contributed by atoms with Crippen LogP contribution in [-0.2, 0) is 37.5 Å². The van der Waals surface area contributed by atoms with Crippen LogP contribution in [0.15, 0.2) is 24.3 Å². The predicted molar refractivity (Wildman–Crippen MR) is 128 cm³/mol. The first kappa shape index (κ1) is 28.7. The molecule has 0 aliphatic carbocycles. The molecule has 10 nitrogen and oxygen atoms in total. The Morgan fingerprint density at radius 1 is 0.886 bits per heavy atom. The van der Waals surface area contributed by atoms with Crippen molar-refractivity contribution in [3.8, 4) is 0 Å². The van der Waals surface area contributed by atoms with E-state index >= 15 is 0 Å². The maximum Gasteiger partial charge on any atom is 0.347 e. The molecule has 0 fully saturated rings. The first-order valence-corrected chi connectivity index (χ1v) is 13.0. The third-order valence-electron chi connectivity index (χ3n) is 4.65. The number of carbonyl (C=O) groups is 4. The number of ketones is 1. The highest BCUT2D eigenvalue weighted by Crippen LogP contribution is 2.56. The average molecular weight is 512 g/mol. The summed E-state index contributed by atoms with van der Waals surface area (Å²) in [6.07, 6.45) is 0. The SMILES string of the molecule is CCOP(=O)(OCC)C(C(=O)OC(C)(C)C)C(C(=O)OC(C)(C)C)N1C(=O)C(=O)c2ccccc21. The molecule has 1 aromatic carbocycles. The zero-order valence-corrected chi connectivity index (χ0v) is 22.3. The van der Waals surface area contributed by atoms with Gasteiger partial charge in [0.05, 0.1) is 24.5 Å². The number of rotatable bonds is 9. The fourth-order valence-corrected chi connectivity index (χ4v) is 5.60. The van der Waals surface area contributed by atoms with Crippen LogP contribution >= 0.6 is 7.60 Å². The molecule has 1 heterocycles. The van der Waals surface area contributed by atoms with Gasteiger partial charge in [0.1, 0.15) is 11.2 Å². The van der Waals surface area contributed by atoms with Crippen LogP contribution in [0.4, 0.5) is 5.69 Å². The Kier molecular flexibility index (Phi) is 8.69. The monoisotopic (exact) mass is 511 g/mol. The third-order valence-corrected chi connectivity index (χ3v) is 7.06. The van der Waals surface area contributed by atoms with E-state index < -0.39 is 54.1 Å². The molecule has 2 rings (SSSR count). The number of para-hydroxylation sites is 1. The molecule has 194 valence electrons. The summed E-state index contributed by atoms with van der Waals surface area (Å²) < 4.78 is 36.0. The van der Waals surface area contributed by atoms with Crippen LogP contribution in [0.1, 0.15) is 65.7 Å². The molecule has 1 aromatic rings. The standard InChI is InChI=1S/C24H34NO9P/c1-9-31-35(30,32-10-2)19(22(29)34-24(6,7)8)17(21(28)33-23(3,4)5)25-16-14-12-11-13-15(16)18(26)20(25)27/h11-14,17,19H,9-10H2,1-8H3. The van der Waals surface area contributed by atoms with Gasteiger partial charge in [-0.25, -0.2) is 4.79 Å². The van der Waals surface area contributed by atoms with E-state index in [4.69, 9.17) is 18.5 Å². The van der Waals surface area contributed by atoms with Gasteiger partial charge in [-0.15, -0.1) is 0 Å². The summed E-state index contributed by atoms with van der Waals surface area (Å²) in [4.78, 5) is 53.9. The van der Waals surface area contributed by atoms with Gasteiger partial charge in [0.15, 0.2) is 11.7 Å². The van der Waals surface area contributed by atoms with Crippen molar-refractivity contribution in [1.82, 2.24) is 0 Å². The molecule has 2 unspecified atom stereocenters. The van der Waals surface area contributed by atoms with Gasteiger partial charge in [-0.2, -0.15) is 0 Å². The molecule has 35 heavy (non-hydrogen) atoms. The number of Topliss-reactive ketones (excluding diaryl/α,β-unsaturated/α-hetero) is 1. The lowest BCUT2D eigenvalue weighted by Crippen LogP contribution is -2.56. The van der Waals surface area contributed by atoms with Crippen LogP contribution in [0.25, 0.3) is 0 Å². The van der Waals surface area contributed by atoms with Gasteiger partial charge in [-0.1, -0.05) is 12.1 Å². The van der Waals surface area contributed by atoms with E-state index in [-0.39, 0.29) is 24.5 Å². The van der Waals surface area contributed by atoms with E-state index in [0.29, 0.717) is 0 Å². The molecule has 1 amide bonds. The number of hydrogen-bond donors (Lipinski definition) is 0. The Labute approximate surface area is 205 Å². The van der Waals surface area contributed by atoms with Crippen LogP contribution < -0.4 is 4.90 Å². The highest BCUT2D eigenvalue weighted by Gasteiger charge is 2.58. The van der Waals surface area contributed by atoms with E-state index in [2.05, 4.69) is 0 Å². The van der Waals surface area contributed by atoms with Crippen LogP contribution in [-0.4, -0.2) is 59.7 Å². The number of carbonyl (C=O) groups excluding carboxylic acids is 4. The quantitative estimate of drug-likeness (QED) is 0.276. The second-order valence-corrected chi connectivity index (χ2v) is 12.0. The number of hydrogen-bond acceptors (Lipinski definition) is 9. The Hall–Kier alpha value is -2.55. The van der Waals surface area contributed by atoms with Crippen molar-refractivity contribution in [1.29, 1.82) is 0 Å². The van der Waals surface area contributed by atoms with Crippen molar-refractivity contribution in [3.05, 3.63) is 29.8 Å². The molecule has 0 N–H and O–H groups in total. The molecule has 0 spiro atoms. The minimum absolute atomic E-state index is 0.0386. The van der Waals surface area contributed by atoms with Crippen LogP contribution in [0, 0.1) is 0 Å². The fourth-order valence-electron chi connectivity index (χ4n) is 3.57. The van der Waals surface area contributed by atoms with Crippen molar-refractivity contribution in [2.45, 2.75) is 78.3 Å². The van der Waals surface area contributed by atoms with Gasteiger partial charge >= 0.3 is 19.5 Å². The summed E-state index contributed by atoms with van der Waals surface area (Å²) in [6, 6.07) is 4.14. The Bertz CT molecular complexity index is 1030. The number of nitrogens with zero attached hydrogens (tertiary/aromatic N) is 1. The lowest BCUT2D eigenvalue weighted by Gasteiger charge is -2.37. The molecule has 1 aliphatic rings. The van der Waals surface area contributed by atoms with Gasteiger partial charge in [-0.3, -0.25) is 23.8 Å². The van der Waals surface area contributed by atoms with Gasteiger partial charge in [0.2, 0.25) is 0 Å². The van der Waals surface area contributed by atoms with Crippen molar-refractivity contribution in [2.75, 3.05) is 18.1 Å². The average Bonchev–Trinajstić information content (AvgIpc) is 2.94. The normalized spacial score (nSPS) is 16.1. The van der Waals surface area contributed by atoms with Gasteiger partial charge in [0.25, 0.3) is 11.7 Å². The second kappa shape index (κ2) is 10.6. The van der Waals surface area contributed by atoms with Crippen LogP contribution in [0.5, 0.6) is 0 Å². The Morgan fingerprint density at radius 2 is 1.37 bits per heavy atom. The lowest BCUT2D eigenvalue weighted by molar-refractivity contribution is -0.164. The number of amides is 1. The number of ether oxygens (including phenoxy) is 2. The molecular weight excluding hydrogens is 477 g/mol. The zero-order chi connectivity index (χ0) is 26.8. The molecular formula is C24H34NO9P. The summed E-state index contributed by atoms with van der Waals surface area (Å²) in [6.45, 7) is 12.4. The van der Waals surface area contributed by atoms with E-state index in [1.807, 2.05) is 0 Å². The van der Waals surface area contributed by atoms with E-state index in [1.165, 1.54) is 12.1 Å². The first-order chi connectivity index (χ1) is 16.1. The number of fused-ring (bicyclic) bond motifs is 1. The second-order valence-electron chi connectivity index (χ2n) is 9.85. The number of anilines is 1. The van der Waals surface area contributed by atoms with Crippen molar-refractivity contribution >= 4 is 36.9 Å². The largest absolute Gasteiger partial charge is 0.459 e. The summed E-state index contributed by atoms with van der Waals surface area (Å²) >= 11 is 0. The fraction of sp³-hybridized carbons (Fsp3) is 0.583. The Morgan fingerprint density at radius 3 is 1.86 bits per heavy atom. The molecule has 11 heteroatoms. The smallest absolute Gasteiger partial charge is 0.347 e. The third kappa shape index (κ3) is 6.57. The molecule has 1 aliphatic heterocycles. The van der Waals surface area contributed by atoms with Crippen molar-refractivity contribution in [3.63, 3.8) is 0 Å². The molecule has 0 radical (unpaired) electrons. The first-order valence-electron chi connectivity index (χ1n) is 11.4. The predicted octanol–water partition coefficient (Wildman–Crippen LogP) is 3.90. The van der Waals surface area contributed by atoms with E-state index in [9.17, 15) is 23.7 Å². The molecule has 0 saturated carbocycles. The van der Waals surface area contributed by atoms with Gasteiger partial charge < -0.3 is 18.5 Å². The van der Waals surface area contributed by atoms with E-state index in [1.54, 1.807) is 67.5 Å². The number of benzene rings is 1. The number of esters is 2. The molecule has 0 bridgehead atoms. The van der Waals surface area contributed by atoms with Crippen molar-refractivity contribution < 1.29 is 42.3 Å². The minimum Gasteiger partial charge on any atom is -0.459 e. The molecule has 2 atom stereocenters. The molecule has 0 saturated heterocycles. The lowest BCUT2D eigenvalue weighted by atomic mass is 10.1. The van der Waals surface area contributed by atoms with Crippen LogP contribution in [0.2, 0.25) is 0 Å². The highest BCUT2D eigenvalue weighted by molar-refractivity contribution is 7.56. The maximum atomic E-state index is 14.0.